The first-order chi connectivity index (χ1) is 12.4. The van der Waals surface area contributed by atoms with Gasteiger partial charge in [-0.15, -0.1) is 0 Å². The molecule has 2 N–H and O–H groups in total. The van der Waals surface area contributed by atoms with Gasteiger partial charge in [-0.05, 0) is 31.2 Å². The lowest BCUT2D eigenvalue weighted by Gasteiger charge is -2.14. The van der Waals surface area contributed by atoms with Crippen LogP contribution in [-0.2, 0) is 7.05 Å². The van der Waals surface area contributed by atoms with Crippen LogP contribution < -0.4 is 15.7 Å². The molecule has 7 nitrogen and oxygen atoms in total. The number of aromatic amines is 1. The van der Waals surface area contributed by atoms with E-state index < -0.39 is 0 Å². The number of halogens is 1. The molecule has 3 heterocycles. The van der Waals surface area contributed by atoms with Crippen molar-refractivity contribution in [2.45, 2.75) is 13.0 Å². The summed E-state index contributed by atoms with van der Waals surface area (Å²) in [5.41, 5.74) is 1.64. The summed E-state index contributed by atoms with van der Waals surface area (Å²) in [5.74, 6) is 0.351. The quantitative estimate of drug-likeness (QED) is 0.563. The number of nitrogens with one attached hydrogen (secondary N) is 2. The van der Waals surface area contributed by atoms with Gasteiger partial charge in [-0.2, -0.15) is 4.98 Å². The lowest BCUT2D eigenvalue weighted by molar-refractivity contribution is 0.842. The maximum absolute atomic E-state index is 12.4. The number of rotatable bonds is 3. The highest BCUT2D eigenvalue weighted by Gasteiger charge is 2.14. The number of fused-ring (bicyclic) bond motifs is 2. The van der Waals surface area contributed by atoms with Crippen molar-refractivity contribution in [2.75, 3.05) is 5.32 Å². The minimum absolute atomic E-state index is 0.0950. The van der Waals surface area contributed by atoms with Crippen molar-refractivity contribution in [3.05, 3.63) is 61.1 Å². The lowest BCUT2D eigenvalue weighted by atomic mass is 10.1. The minimum atomic E-state index is -0.338. The van der Waals surface area contributed by atoms with Gasteiger partial charge in [0, 0.05) is 28.5 Å². The zero-order chi connectivity index (χ0) is 18.4. The number of hydrogen-bond donors (Lipinski definition) is 2. The largest absolute Gasteiger partial charge is 0.347 e. The fourth-order valence-electron chi connectivity index (χ4n) is 2.78. The van der Waals surface area contributed by atoms with Gasteiger partial charge in [-0.1, -0.05) is 22.9 Å². The first kappa shape index (κ1) is 16.7. The molecule has 0 aliphatic rings. The molecular formula is C17H14ClN5O2S. The van der Waals surface area contributed by atoms with Gasteiger partial charge in [0.15, 0.2) is 5.65 Å². The molecule has 1 unspecified atom stereocenters. The second-order valence-electron chi connectivity index (χ2n) is 5.96. The third-order valence-electron chi connectivity index (χ3n) is 4.17. The van der Waals surface area contributed by atoms with E-state index in [1.165, 1.54) is 4.57 Å². The van der Waals surface area contributed by atoms with E-state index in [4.69, 9.17) is 11.6 Å². The number of anilines is 1. The molecule has 0 saturated carbocycles. The minimum Gasteiger partial charge on any atom is -0.347 e. The molecule has 0 amide bonds. The van der Waals surface area contributed by atoms with Crippen molar-refractivity contribution in [1.82, 2.24) is 19.5 Å². The zero-order valence-corrected chi connectivity index (χ0v) is 15.5. The highest BCUT2D eigenvalue weighted by Crippen LogP contribution is 2.22. The van der Waals surface area contributed by atoms with E-state index in [0.717, 1.165) is 22.2 Å². The van der Waals surface area contributed by atoms with Crippen molar-refractivity contribution >= 4 is 50.1 Å². The standard InChI is InChI=1S/C17H14ClN5O2S/c1-8(11-6-9-5-10(18)3-4-12(9)21-15(11)24)20-16-19-7-13-14(22-16)23(2)17(25)26-13/h3-8H,1-2H3,(H,21,24)(H,19,20,22). The van der Waals surface area contributed by atoms with Gasteiger partial charge < -0.3 is 10.3 Å². The summed E-state index contributed by atoms with van der Waals surface area (Å²) in [6.07, 6.45) is 1.61. The van der Waals surface area contributed by atoms with Crippen LogP contribution in [0.5, 0.6) is 0 Å². The Morgan fingerprint density at radius 1 is 1.31 bits per heavy atom. The normalized spacial score (nSPS) is 12.6. The van der Waals surface area contributed by atoms with Gasteiger partial charge >= 0.3 is 4.87 Å². The van der Waals surface area contributed by atoms with Crippen LogP contribution in [0.2, 0.25) is 5.02 Å². The number of pyridine rings is 1. The summed E-state index contributed by atoms with van der Waals surface area (Å²) in [4.78, 5) is 35.5. The molecule has 4 aromatic rings. The fourth-order valence-corrected chi connectivity index (χ4v) is 3.75. The molecule has 0 spiro atoms. The van der Waals surface area contributed by atoms with Crippen LogP contribution >= 0.6 is 22.9 Å². The van der Waals surface area contributed by atoms with Gasteiger partial charge in [0.1, 0.15) is 0 Å². The summed E-state index contributed by atoms with van der Waals surface area (Å²) in [5, 5.41) is 4.57. The molecule has 132 valence electrons. The molecule has 3 aromatic heterocycles. The van der Waals surface area contributed by atoms with E-state index in [2.05, 4.69) is 20.3 Å². The Morgan fingerprint density at radius 2 is 2.12 bits per heavy atom. The fraction of sp³-hybridized carbons (Fsp3) is 0.176. The van der Waals surface area contributed by atoms with Gasteiger partial charge in [0.25, 0.3) is 5.56 Å². The Morgan fingerprint density at radius 3 is 2.92 bits per heavy atom. The molecular weight excluding hydrogens is 374 g/mol. The predicted molar refractivity (Wildman–Crippen MR) is 104 cm³/mol. The number of benzene rings is 1. The molecule has 1 atom stereocenters. The summed E-state index contributed by atoms with van der Waals surface area (Å²) in [6, 6.07) is 6.77. The molecule has 4 rings (SSSR count). The molecule has 0 radical (unpaired) electrons. The molecule has 0 bridgehead atoms. The Balaban J connectivity index is 1.71. The maximum Gasteiger partial charge on any atom is 0.309 e. The predicted octanol–water partition coefficient (Wildman–Crippen LogP) is 3.06. The third-order valence-corrected chi connectivity index (χ3v) is 5.36. The van der Waals surface area contributed by atoms with Crippen LogP contribution in [0.25, 0.3) is 21.3 Å². The summed E-state index contributed by atoms with van der Waals surface area (Å²) >= 11 is 7.13. The first-order valence-corrected chi connectivity index (χ1v) is 9.03. The zero-order valence-electron chi connectivity index (χ0n) is 13.9. The summed E-state index contributed by atoms with van der Waals surface area (Å²) in [6.45, 7) is 1.85. The molecule has 0 fully saturated rings. The first-order valence-electron chi connectivity index (χ1n) is 7.84. The van der Waals surface area contributed by atoms with Crippen molar-refractivity contribution < 1.29 is 0 Å². The molecule has 0 aliphatic heterocycles. The van der Waals surface area contributed by atoms with E-state index in [9.17, 15) is 9.59 Å². The number of aromatic nitrogens is 4. The van der Waals surface area contributed by atoms with Crippen LogP contribution in [0.4, 0.5) is 5.95 Å². The monoisotopic (exact) mass is 387 g/mol. The van der Waals surface area contributed by atoms with Crippen LogP contribution in [-0.4, -0.2) is 19.5 Å². The number of thiazole rings is 1. The number of H-pyrrole nitrogens is 1. The SMILES string of the molecule is CC(Nc1ncc2sc(=O)n(C)c2n1)c1cc2cc(Cl)ccc2[nH]c1=O. The Kier molecular flexibility index (Phi) is 4.01. The van der Waals surface area contributed by atoms with Crippen LogP contribution in [0.15, 0.2) is 40.1 Å². The van der Waals surface area contributed by atoms with E-state index in [1.807, 2.05) is 6.92 Å². The average molecular weight is 388 g/mol. The smallest absolute Gasteiger partial charge is 0.309 e. The van der Waals surface area contributed by atoms with E-state index in [-0.39, 0.29) is 16.5 Å². The van der Waals surface area contributed by atoms with E-state index in [1.54, 1.807) is 37.5 Å². The Bertz CT molecular complexity index is 1260. The second-order valence-corrected chi connectivity index (χ2v) is 7.39. The highest BCUT2D eigenvalue weighted by atomic mass is 35.5. The van der Waals surface area contributed by atoms with Gasteiger partial charge in [-0.3, -0.25) is 14.2 Å². The third kappa shape index (κ3) is 2.87. The molecule has 0 saturated heterocycles. The summed E-state index contributed by atoms with van der Waals surface area (Å²) in [7, 11) is 1.67. The number of hydrogen-bond acceptors (Lipinski definition) is 6. The van der Waals surface area contributed by atoms with Gasteiger partial charge in [-0.25, -0.2) is 4.98 Å². The molecule has 1 aromatic carbocycles. The maximum atomic E-state index is 12.4. The van der Waals surface area contributed by atoms with Crippen molar-refractivity contribution in [2.24, 2.45) is 7.05 Å². The van der Waals surface area contributed by atoms with Crippen LogP contribution in [0.1, 0.15) is 18.5 Å². The number of aryl methyl sites for hydroxylation is 1. The van der Waals surface area contributed by atoms with Gasteiger partial charge in [0.05, 0.1) is 16.9 Å². The van der Waals surface area contributed by atoms with Crippen LogP contribution in [0.3, 0.4) is 0 Å². The molecule has 0 aliphatic carbocycles. The van der Waals surface area contributed by atoms with Crippen molar-refractivity contribution in [3.63, 3.8) is 0 Å². The average Bonchev–Trinajstić information content (AvgIpc) is 2.89. The second kappa shape index (κ2) is 6.22. The molecule has 26 heavy (non-hydrogen) atoms. The van der Waals surface area contributed by atoms with Crippen molar-refractivity contribution in [3.8, 4) is 0 Å². The van der Waals surface area contributed by atoms with Crippen LogP contribution in [0, 0.1) is 0 Å². The van der Waals surface area contributed by atoms with Crippen molar-refractivity contribution in [1.29, 1.82) is 0 Å². The summed E-state index contributed by atoms with van der Waals surface area (Å²) < 4.78 is 2.19. The van der Waals surface area contributed by atoms with E-state index >= 15 is 0 Å². The lowest BCUT2D eigenvalue weighted by Crippen LogP contribution is -2.20. The van der Waals surface area contributed by atoms with Gasteiger partial charge in [0.2, 0.25) is 5.95 Å². The Hall–Kier alpha value is -2.71. The van der Waals surface area contributed by atoms with E-state index in [0.29, 0.717) is 26.9 Å². The highest BCUT2D eigenvalue weighted by molar-refractivity contribution is 7.16. The topological polar surface area (TPSA) is 92.7 Å². The Labute approximate surface area is 156 Å². The number of nitrogens with zero attached hydrogens (tertiary/aromatic N) is 3. The molecule has 9 heteroatoms.